The van der Waals surface area contributed by atoms with Crippen LogP contribution in [0.4, 0.5) is 0 Å². The molecule has 0 amide bonds. The lowest BCUT2D eigenvalue weighted by Gasteiger charge is -2.32. The molecule has 1 aliphatic rings. The smallest absolute Gasteiger partial charge is 0.0446 e. The Kier molecular flexibility index (Phi) is 5.45. The summed E-state index contributed by atoms with van der Waals surface area (Å²) in [4.78, 5) is 2.44. The van der Waals surface area contributed by atoms with Crippen molar-refractivity contribution in [1.82, 2.24) is 4.90 Å². The number of rotatable bonds is 5. The maximum Gasteiger partial charge on any atom is 0.0446 e. The molecule has 1 aliphatic heterocycles. The molecule has 1 atom stereocenters. The first-order chi connectivity index (χ1) is 6.76. The van der Waals surface area contributed by atoms with Gasteiger partial charge in [0.15, 0.2) is 0 Å². The van der Waals surface area contributed by atoms with E-state index in [1.807, 2.05) is 0 Å². The summed E-state index contributed by atoms with van der Waals surface area (Å²) >= 11 is 0. The Morgan fingerprint density at radius 3 is 2.57 bits per heavy atom. The van der Waals surface area contributed by atoms with E-state index >= 15 is 0 Å². The molecule has 3 heteroatoms. The number of hydrogen-bond acceptors (Lipinski definition) is 3. The van der Waals surface area contributed by atoms with Crippen LogP contribution in [0.15, 0.2) is 0 Å². The van der Waals surface area contributed by atoms with Crippen molar-refractivity contribution in [1.29, 1.82) is 0 Å². The van der Waals surface area contributed by atoms with Crippen molar-refractivity contribution < 1.29 is 5.11 Å². The molecule has 0 aromatic rings. The Bertz CT molecular complexity index is 144. The lowest BCUT2D eigenvalue weighted by molar-refractivity contribution is 0.164. The van der Waals surface area contributed by atoms with Crippen molar-refractivity contribution in [2.45, 2.75) is 38.6 Å². The van der Waals surface area contributed by atoms with E-state index in [-0.39, 0.29) is 12.6 Å². The fourth-order valence-corrected chi connectivity index (χ4v) is 2.17. The molecule has 0 aromatic heterocycles. The number of hydrogen-bond donors (Lipinski definition) is 2. The van der Waals surface area contributed by atoms with Crippen LogP contribution >= 0.6 is 0 Å². The molecule has 1 fully saturated rings. The van der Waals surface area contributed by atoms with Crippen molar-refractivity contribution in [3.63, 3.8) is 0 Å². The van der Waals surface area contributed by atoms with Crippen molar-refractivity contribution in [2.75, 3.05) is 26.2 Å². The van der Waals surface area contributed by atoms with Crippen molar-refractivity contribution in [3.8, 4) is 0 Å². The summed E-state index contributed by atoms with van der Waals surface area (Å²) in [7, 11) is 0. The molecular formula is C11H24N2O. The van der Waals surface area contributed by atoms with Crippen LogP contribution in [-0.4, -0.2) is 42.3 Å². The van der Waals surface area contributed by atoms with Crippen LogP contribution in [0.5, 0.6) is 0 Å². The quantitative estimate of drug-likeness (QED) is 0.691. The Labute approximate surface area is 87.3 Å². The van der Waals surface area contributed by atoms with Gasteiger partial charge in [-0.05, 0) is 38.3 Å². The van der Waals surface area contributed by atoms with Crippen LogP contribution < -0.4 is 5.73 Å². The predicted octanol–water partition coefficient (Wildman–Crippen LogP) is 0.818. The molecule has 0 bridgehead atoms. The van der Waals surface area contributed by atoms with E-state index in [0.29, 0.717) is 0 Å². The van der Waals surface area contributed by atoms with Gasteiger partial charge in [-0.15, -0.1) is 0 Å². The van der Waals surface area contributed by atoms with E-state index < -0.39 is 0 Å². The molecule has 0 saturated carbocycles. The third kappa shape index (κ3) is 3.95. The van der Waals surface area contributed by atoms with Crippen molar-refractivity contribution >= 4 is 0 Å². The Balaban J connectivity index is 2.15. The number of piperidine rings is 1. The molecule has 3 N–H and O–H groups in total. The summed E-state index contributed by atoms with van der Waals surface area (Å²) in [5.41, 5.74) is 5.88. The second-order valence-electron chi connectivity index (χ2n) is 4.42. The minimum absolute atomic E-state index is 0.151. The maximum atomic E-state index is 8.75. The molecule has 84 valence electrons. The molecule has 1 heterocycles. The van der Waals surface area contributed by atoms with Gasteiger partial charge in [0.25, 0.3) is 0 Å². The summed E-state index contributed by atoms with van der Waals surface area (Å²) in [6.45, 7) is 5.83. The number of aliphatic hydroxyl groups is 1. The fourth-order valence-electron chi connectivity index (χ4n) is 2.17. The van der Waals surface area contributed by atoms with Gasteiger partial charge in [-0.3, -0.25) is 0 Å². The molecule has 3 nitrogen and oxygen atoms in total. The first-order valence-corrected chi connectivity index (χ1v) is 5.85. The van der Waals surface area contributed by atoms with Gasteiger partial charge < -0.3 is 15.7 Å². The van der Waals surface area contributed by atoms with E-state index in [1.54, 1.807) is 0 Å². The van der Waals surface area contributed by atoms with Gasteiger partial charge in [-0.2, -0.15) is 0 Å². The van der Waals surface area contributed by atoms with E-state index in [9.17, 15) is 0 Å². The van der Waals surface area contributed by atoms with E-state index in [4.69, 9.17) is 10.8 Å². The van der Waals surface area contributed by atoms with E-state index in [1.165, 1.54) is 32.4 Å². The highest BCUT2D eigenvalue weighted by molar-refractivity contribution is 4.75. The number of nitrogens with two attached hydrogens (primary N) is 1. The van der Waals surface area contributed by atoms with Crippen molar-refractivity contribution in [3.05, 3.63) is 0 Å². The summed E-state index contributed by atoms with van der Waals surface area (Å²) < 4.78 is 0. The highest BCUT2D eigenvalue weighted by Crippen LogP contribution is 2.19. The van der Waals surface area contributed by atoms with Gasteiger partial charge >= 0.3 is 0 Å². The lowest BCUT2D eigenvalue weighted by Crippen LogP contribution is -2.42. The van der Waals surface area contributed by atoms with E-state index in [2.05, 4.69) is 11.8 Å². The zero-order chi connectivity index (χ0) is 10.4. The topological polar surface area (TPSA) is 49.5 Å². The molecule has 1 rings (SSSR count). The first-order valence-electron chi connectivity index (χ1n) is 5.85. The summed E-state index contributed by atoms with van der Waals surface area (Å²) in [6, 6.07) is 0.151. The SMILES string of the molecule is CCC1CCN(CC(N)CCO)CC1. The van der Waals surface area contributed by atoms with Crippen LogP contribution in [0, 0.1) is 5.92 Å². The standard InChI is InChI=1S/C11H24N2O/c1-2-10-3-6-13(7-4-10)9-11(12)5-8-14/h10-11,14H,2-9,12H2,1H3. The third-order valence-electron chi connectivity index (χ3n) is 3.28. The lowest BCUT2D eigenvalue weighted by atomic mass is 9.94. The Morgan fingerprint density at radius 2 is 2.07 bits per heavy atom. The van der Waals surface area contributed by atoms with E-state index in [0.717, 1.165) is 18.9 Å². The summed E-state index contributed by atoms with van der Waals surface area (Å²) in [6.07, 6.45) is 4.69. The number of likely N-dealkylation sites (tertiary alicyclic amines) is 1. The summed E-state index contributed by atoms with van der Waals surface area (Å²) in [5, 5.41) is 8.75. The fraction of sp³-hybridized carbons (Fsp3) is 1.00. The largest absolute Gasteiger partial charge is 0.396 e. The Hall–Kier alpha value is -0.120. The molecule has 14 heavy (non-hydrogen) atoms. The first kappa shape index (κ1) is 12.0. The molecule has 1 unspecified atom stereocenters. The highest BCUT2D eigenvalue weighted by atomic mass is 16.3. The monoisotopic (exact) mass is 200 g/mol. The van der Waals surface area contributed by atoms with Gasteiger partial charge in [0.1, 0.15) is 0 Å². The Morgan fingerprint density at radius 1 is 1.43 bits per heavy atom. The molecule has 0 radical (unpaired) electrons. The van der Waals surface area contributed by atoms with Gasteiger partial charge in [0, 0.05) is 19.2 Å². The van der Waals surface area contributed by atoms with Crippen LogP contribution in [0.3, 0.4) is 0 Å². The summed E-state index contributed by atoms with van der Waals surface area (Å²) in [5.74, 6) is 0.931. The predicted molar refractivity (Wildman–Crippen MR) is 59.1 cm³/mol. The van der Waals surface area contributed by atoms with Gasteiger partial charge in [-0.25, -0.2) is 0 Å². The van der Waals surface area contributed by atoms with Crippen LogP contribution in [0.1, 0.15) is 32.6 Å². The minimum Gasteiger partial charge on any atom is -0.396 e. The second kappa shape index (κ2) is 6.38. The molecule has 0 spiro atoms. The van der Waals surface area contributed by atoms with Gasteiger partial charge in [0.2, 0.25) is 0 Å². The number of nitrogens with zero attached hydrogens (tertiary/aromatic N) is 1. The zero-order valence-corrected chi connectivity index (χ0v) is 9.28. The minimum atomic E-state index is 0.151. The average Bonchev–Trinajstić information content (AvgIpc) is 2.19. The normalized spacial score (nSPS) is 22.5. The van der Waals surface area contributed by atoms with Crippen LogP contribution in [0.25, 0.3) is 0 Å². The van der Waals surface area contributed by atoms with Gasteiger partial charge in [0.05, 0.1) is 0 Å². The molecule has 0 aromatic carbocycles. The zero-order valence-electron chi connectivity index (χ0n) is 9.28. The maximum absolute atomic E-state index is 8.75. The van der Waals surface area contributed by atoms with Crippen molar-refractivity contribution in [2.24, 2.45) is 11.7 Å². The molecular weight excluding hydrogens is 176 g/mol. The molecule has 0 aliphatic carbocycles. The van der Waals surface area contributed by atoms with Gasteiger partial charge in [-0.1, -0.05) is 13.3 Å². The van der Waals surface area contributed by atoms with Crippen LogP contribution in [-0.2, 0) is 0 Å². The van der Waals surface area contributed by atoms with Crippen LogP contribution in [0.2, 0.25) is 0 Å². The highest BCUT2D eigenvalue weighted by Gasteiger charge is 2.18. The average molecular weight is 200 g/mol. The molecule has 1 saturated heterocycles. The number of aliphatic hydroxyl groups excluding tert-OH is 1. The third-order valence-corrected chi connectivity index (χ3v) is 3.28. The second-order valence-corrected chi connectivity index (χ2v) is 4.42.